The van der Waals surface area contributed by atoms with E-state index in [1.807, 2.05) is 18.5 Å². The van der Waals surface area contributed by atoms with Gasteiger partial charge in [-0.05, 0) is 90.9 Å². The van der Waals surface area contributed by atoms with Crippen LogP contribution in [0.4, 0.5) is 0 Å². The van der Waals surface area contributed by atoms with Gasteiger partial charge in [-0.1, -0.05) is 148 Å². The van der Waals surface area contributed by atoms with Crippen molar-refractivity contribution in [2.75, 3.05) is 0 Å². The maximum atomic E-state index is 4.34. The van der Waals surface area contributed by atoms with Gasteiger partial charge in [0.2, 0.25) is 0 Å². The largest absolute Gasteiger partial charge is 0.264 e. The lowest BCUT2D eigenvalue weighted by Crippen LogP contribution is -2.25. The van der Waals surface area contributed by atoms with E-state index >= 15 is 0 Å². The van der Waals surface area contributed by atoms with E-state index in [1.54, 1.807) is 0 Å². The molecule has 0 amide bonds. The minimum Gasteiger partial charge on any atom is -0.264 e. The molecular weight excluding hydrogens is 579 g/mol. The molecule has 48 heavy (non-hydrogen) atoms. The molecule has 0 aliphatic heterocycles. The van der Waals surface area contributed by atoms with Gasteiger partial charge >= 0.3 is 0 Å². The number of aromatic nitrogens is 1. The van der Waals surface area contributed by atoms with Crippen LogP contribution in [0.5, 0.6) is 0 Å². The molecule has 6 aromatic rings. The van der Waals surface area contributed by atoms with Gasteiger partial charge in [0.1, 0.15) is 0 Å². The highest BCUT2D eigenvalue weighted by Gasteiger charge is 2.38. The van der Waals surface area contributed by atoms with Crippen molar-refractivity contribution in [3.8, 4) is 22.3 Å². The number of rotatable bonds is 4. The highest BCUT2D eigenvalue weighted by atomic mass is 14.6. The summed E-state index contributed by atoms with van der Waals surface area (Å²) in [7, 11) is 0. The Labute approximate surface area is 284 Å². The van der Waals surface area contributed by atoms with Gasteiger partial charge in [-0.3, -0.25) is 4.98 Å². The van der Waals surface area contributed by atoms with Crippen molar-refractivity contribution in [1.82, 2.24) is 4.98 Å². The zero-order chi connectivity index (χ0) is 32.4. The summed E-state index contributed by atoms with van der Waals surface area (Å²) in [6, 6.07) is 44.8. The Hall–Kier alpha value is -5.45. The molecule has 3 aliphatic carbocycles. The van der Waals surface area contributed by atoms with E-state index in [-0.39, 0.29) is 17.3 Å². The molecule has 0 bridgehead atoms. The molecule has 0 radical (unpaired) electrons. The first-order chi connectivity index (χ1) is 23.4. The zero-order valence-corrected chi connectivity index (χ0v) is 27.7. The molecule has 9 rings (SSSR count). The van der Waals surface area contributed by atoms with Crippen LogP contribution in [-0.4, -0.2) is 4.98 Å². The smallest absolute Gasteiger partial charge is 0.0346 e. The highest BCUT2D eigenvalue weighted by molar-refractivity contribution is 5.96. The van der Waals surface area contributed by atoms with E-state index in [4.69, 9.17) is 0 Å². The molecule has 230 valence electrons. The van der Waals surface area contributed by atoms with Gasteiger partial charge < -0.3 is 0 Å². The SMILES string of the molecule is CC(C)(C)C1=Cc2ccc3c4c2C(C=CC4C(c2ccc(-c4cccnc4)cc2)C=C3c2c#cc(-c3cccc4ccccc34)cc2)C1. The molecule has 0 saturated heterocycles. The Kier molecular flexibility index (Phi) is 6.63. The molecule has 5 aromatic carbocycles. The Morgan fingerprint density at radius 1 is 0.667 bits per heavy atom. The summed E-state index contributed by atoms with van der Waals surface area (Å²) in [6.45, 7) is 7.04. The van der Waals surface area contributed by atoms with Crippen molar-refractivity contribution in [3.63, 3.8) is 0 Å². The summed E-state index contributed by atoms with van der Waals surface area (Å²) in [5.74, 6) is 0.892. The number of hydrogen-bond donors (Lipinski definition) is 0. The normalized spacial score (nSPS) is 19.3. The Bertz CT molecular complexity index is 2270. The van der Waals surface area contributed by atoms with Gasteiger partial charge in [-0.25, -0.2) is 0 Å². The van der Waals surface area contributed by atoms with Crippen LogP contribution in [0, 0.1) is 17.5 Å². The molecule has 1 heterocycles. The number of allylic oxidation sites excluding steroid dienone is 4. The molecule has 0 saturated carbocycles. The third-order valence-corrected chi connectivity index (χ3v) is 10.7. The van der Waals surface area contributed by atoms with Crippen LogP contribution in [0.15, 0.2) is 139 Å². The standard InChI is InChI=1S/C47H37N/c1-47(2,3)38-26-35-21-23-41-43(33-15-13-30(14-16-33)37-10-7-25-48-29-37)28-44(42-24-22-36(27-38)45(35)46(41)42)34-19-17-32(18-20-34)40-12-6-9-31-8-4-5-11-39(31)40/h4-17,19,21-25,27-29,35,41,43H,26H2,1-3H3. The molecule has 0 N–H and O–H groups in total. The first-order valence-electron chi connectivity index (χ1n) is 17.1. The monoisotopic (exact) mass is 615 g/mol. The lowest BCUT2D eigenvalue weighted by atomic mass is 9.63. The first-order valence-corrected chi connectivity index (χ1v) is 17.1. The fourth-order valence-corrected chi connectivity index (χ4v) is 8.21. The van der Waals surface area contributed by atoms with E-state index in [2.05, 4.69) is 159 Å². The first kappa shape index (κ1) is 28.7. The number of nitrogens with zero attached hydrogens (tertiary/aromatic N) is 1. The van der Waals surface area contributed by atoms with Gasteiger partial charge in [0.05, 0.1) is 0 Å². The molecular formula is C47H37N. The fourth-order valence-electron chi connectivity index (χ4n) is 8.21. The van der Waals surface area contributed by atoms with Crippen molar-refractivity contribution >= 4 is 22.4 Å². The van der Waals surface area contributed by atoms with E-state index in [1.165, 1.54) is 60.9 Å². The molecule has 1 nitrogen and oxygen atoms in total. The summed E-state index contributed by atoms with van der Waals surface area (Å²) in [6.07, 6.45) is 14.9. The summed E-state index contributed by atoms with van der Waals surface area (Å²) in [4.78, 5) is 4.34. The Morgan fingerprint density at radius 3 is 2.27 bits per heavy atom. The van der Waals surface area contributed by atoms with Crippen LogP contribution < -0.4 is 0 Å². The van der Waals surface area contributed by atoms with Gasteiger partial charge in [0.15, 0.2) is 0 Å². The van der Waals surface area contributed by atoms with Crippen LogP contribution in [0.2, 0.25) is 0 Å². The molecule has 3 unspecified atom stereocenters. The van der Waals surface area contributed by atoms with Gasteiger partial charge in [0.25, 0.3) is 0 Å². The predicted octanol–water partition coefficient (Wildman–Crippen LogP) is 12.0. The lowest BCUT2D eigenvalue weighted by molar-refractivity contribution is 0.474. The minimum atomic E-state index is 0.151. The van der Waals surface area contributed by atoms with Crippen molar-refractivity contribution in [2.24, 2.45) is 5.41 Å². The second kappa shape index (κ2) is 11.1. The number of hydrogen-bond acceptors (Lipinski definition) is 1. The average Bonchev–Trinajstić information content (AvgIpc) is 3.13. The molecule has 0 fully saturated rings. The topological polar surface area (TPSA) is 12.9 Å². The Morgan fingerprint density at radius 2 is 1.48 bits per heavy atom. The third kappa shape index (κ3) is 4.75. The predicted molar refractivity (Wildman–Crippen MR) is 200 cm³/mol. The lowest BCUT2D eigenvalue weighted by Gasteiger charge is -2.41. The van der Waals surface area contributed by atoms with Crippen LogP contribution in [0.25, 0.3) is 44.7 Å². The number of fused-ring (bicyclic) bond motifs is 1. The van der Waals surface area contributed by atoms with Crippen molar-refractivity contribution < 1.29 is 0 Å². The maximum Gasteiger partial charge on any atom is 0.0346 e. The number of pyridine rings is 1. The molecule has 3 atom stereocenters. The maximum absolute atomic E-state index is 4.34. The highest BCUT2D eigenvalue weighted by Crippen LogP contribution is 2.55. The third-order valence-electron chi connectivity index (χ3n) is 10.7. The van der Waals surface area contributed by atoms with E-state index in [0.717, 1.165) is 23.1 Å². The van der Waals surface area contributed by atoms with Gasteiger partial charge in [0, 0.05) is 41.3 Å². The molecule has 1 heteroatoms. The second-order valence-corrected chi connectivity index (χ2v) is 14.6. The minimum absolute atomic E-state index is 0.151. The van der Waals surface area contributed by atoms with E-state index in [0.29, 0.717) is 5.92 Å². The number of benzene rings is 4. The van der Waals surface area contributed by atoms with Crippen molar-refractivity contribution in [3.05, 3.63) is 185 Å². The summed E-state index contributed by atoms with van der Waals surface area (Å²) in [5, 5.41) is 2.48. The van der Waals surface area contributed by atoms with Crippen LogP contribution in [0.3, 0.4) is 0 Å². The summed E-state index contributed by atoms with van der Waals surface area (Å²) in [5.41, 5.74) is 15.7. The van der Waals surface area contributed by atoms with E-state index < -0.39 is 0 Å². The average molecular weight is 616 g/mol. The van der Waals surface area contributed by atoms with Crippen molar-refractivity contribution in [1.29, 1.82) is 0 Å². The molecule has 1 aromatic heterocycles. The van der Waals surface area contributed by atoms with Crippen LogP contribution >= 0.6 is 0 Å². The molecule has 3 aliphatic rings. The van der Waals surface area contributed by atoms with Gasteiger partial charge in [-0.15, -0.1) is 0 Å². The Balaban J connectivity index is 1.18. The quantitative estimate of drug-likeness (QED) is 0.180. The zero-order valence-electron chi connectivity index (χ0n) is 27.7. The van der Waals surface area contributed by atoms with E-state index in [9.17, 15) is 0 Å². The summed E-state index contributed by atoms with van der Waals surface area (Å²) < 4.78 is 0. The van der Waals surface area contributed by atoms with Crippen molar-refractivity contribution in [2.45, 2.75) is 44.9 Å². The second-order valence-electron chi connectivity index (χ2n) is 14.6. The van der Waals surface area contributed by atoms with Gasteiger partial charge in [-0.2, -0.15) is 0 Å². The summed E-state index contributed by atoms with van der Waals surface area (Å²) >= 11 is 0. The fraction of sp³-hybridized carbons (Fsp3) is 0.170. The van der Waals surface area contributed by atoms with Crippen LogP contribution in [-0.2, 0) is 0 Å². The van der Waals surface area contributed by atoms with Crippen LogP contribution in [0.1, 0.15) is 78.3 Å². The molecule has 0 spiro atoms.